The molecule has 2 aromatic rings. The van der Waals surface area contributed by atoms with Crippen molar-refractivity contribution in [3.63, 3.8) is 0 Å². The van der Waals surface area contributed by atoms with Gasteiger partial charge in [-0.25, -0.2) is 0 Å². The van der Waals surface area contributed by atoms with Crippen molar-refractivity contribution in [3.05, 3.63) is 47.9 Å². The minimum absolute atomic E-state index is 0.0668. The topological polar surface area (TPSA) is 67.2 Å². The molecular formula is C19H23N3O4. The highest BCUT2D eigenvalue weighted by Crippen LogP contribution is 2.35. The van der Waals surface area contributed by atoms with Crippen molar-refractivity contribution in [2.45, 2.75) is 6.04 Å². The van der Waals surface area contributed by atoms with Gasteiger partial charge < -0.3 is 24.1 Å². The van der Waals surface area contributed by atoms with Crippen LogP contribution < -0.4 is 14.8 Å². The molecule has 3 heterocycles. The highest BCUT2D eigenvalue weighted by atomic mass is 16.7. The Labute approximate surface area is 152 Å². The van der Waals surface area contributed by atoms with Crippen molar-refractivity contribution in [1.82, 2.24) is 15.1 Å². The average Bonchev–Trinajstić information content (AvgIpc) is 3.34. The van der Waals surface area contributed by atoms with Crippen LogP contribution in [-0.4, -0.2) is 62.3 Å². The summed E-state index contributed by atoms with van der Waals surface area (Å²) >= 11 is 0. The van der Waals surface area contributed by atoms with Gasteiger partial charge in [0.15, 0.2) is 17.3 Å². The second-order valence-corrected chi connectivity index (χ2v) is 6.66. The van der Waals surface area contributed by atoms with Crippen molar-refractivity contribution < 1.29 is 18.7 Å². The number of nitrogens with one attached hydrogen (secondary N) is 1. The van der Waals surface area contributed by atoms with E-state index < -0.39 is 0 Å². The third-order valence-electron chi connectivity index (χ3n) is 4.96. The number of hydrogen-bond acceptors (Lipinski definition) is 6. The molecule has 2 aliphatic heterocycles. The number of fused-ring (bicyclic) bond motifs is 1. The van der Waals surface area contributed by atoms with Crippen molar-refractivity contribution in [2.75, 3.05) is 46.6 Å². The van der Waals surface area contributed by atoms with Crippen LogP contribution in [0.25, 0.3) is 0 Å². The van der Waals surface area contributed by atoms with Gasteiger partial charge in [-0.05, 0) is 36.9 Å². The molecule has 138 valence electrons. The summed E-state index contributed by atoms with van der Waals surface area (Å²) in [6.07, 6.45) is 1.50. The van der Waals surface area contributed by atoms with Gasteiger partial charge in [-0.3, -0.25) is 9.69 Å². The highest BCUT2D eigenvalue weighted by Gasteiger charge is 2.26. The normalized spacial score (nSPS) is 18.7. The molecule has 1 N–H and O–H groups in total. The first-order chi connectivity index (χ1) is 12.7. The zero-order chi connectivity index (χ0) is 17.9. The van der Waals surface area contributed by atoms with Crippen molar-refractivity contribution in [3.8, 4) is 11.5 Å². The fourth-order valence-electron chi connectivity index (χ4n) is 3.40. The van der Waals surface area contributed by atoms with Gasteiger partial charge in [-0.2, -0.15) is 0 Å². The lowest BCUT2D eigenvalue weighted by molar-refractivity contribution is 0.0863. The summed E-state index contributed by atoms with van der Waals surface area (Å²) in [7, 11) is 2.13. The van der Waals surface area contributed by atoms with E-state index in [0.29, 0.717) is 12.3 Å². The molecule has 7 nitrogen and oxygen atoms in total. The maximum atomic E-state index is 12.3. The van der Waals surface area contributed by atoms with E-state index in [9.17, 15) is 4.79 Å². The molecule has 26 heavy (non-hydrogen) atoms. The van der Waals surface area contributed by atoms with E-state index in [2.05, 4.69) is 28.2 Å². The van der Waals surface area contributed by atoms with Gasteiger partial charge in [0, 0.05) is 32.7 Å². The summed E-state index contributed by atoms with van der Waals surface area (Å²) in [5, 5.41) is 3.00. The van der Waals surface area contributed by atoms with E-state index in [1.54, 1.807) is 12.1 Å². The van der Waals surface area contributed by atoms with Crippen LogP contribution in [-0.2, 0) is 0 Å². The molecule has 0 aliphatic carbocycles. The quantitative estimate of drug-likeness (QED) is 0.879. The molecule has 0 saturated carbocycles. The smallest absolute Gasteiger partial charge is 0.287 e. The lowest BCUT2D eigenvalue weighted by Crippen LogP contribution is -2.48. The lowest BCUT2D eigenvalue weighted by Gasteiger charge is -2.38. The number of likely N-dealkylation sites (N-methyl/N-ethyl adjacent to an activating group) is 1. The molecule has 1 amide bonds. The molecule has 1 unspecified atom stereocenters. The fourth-order valence-corrected chi connectivity index (χ4v) is 3.40. The number of hydrogen-bond donors (Lipinski definition) is 1. The van der Waals surface area contributed by atoms with Crippen molar-refractivity contribution in [1.29, 1.82) is 0 Å². The van der Waals surface area contributed by atoms with Gasteiger partial charge in [0.2, 0.25) is 6.79 Å². The van der Waals surface area contributed by atoms with Crippen LogP contribution in [0.4, 0.5) is 0 Å². The molecule has 0 bridgehead atoms. The zero-order valence-electron chi connectivity index (χ0n) is 14.8. The standard InChI is InChI=1S/C19H23N3O4/c1-21-6-8-22(9-7-21)15(12-20-19(23)17-3-2-10-24-17)14-4-5-16-18(11-14)26-13-25-16/h2-5,10-11,15H,6-9,12-13H2,1H3,(H,20,23). The van der Waals surface area contributed by atoms with Gasteiger partial charge in [-0.15, -0.1) is 0 Å². The van der Waals surface area contributed by atoms with Gasteiger partial charge in [0.05, 0.1) is 12.3 Å². The van der Waals surface area contributed by atoms with Crippen LogP contribution in [0, 0.1) is 0 Å². The Morgan fingerprint density at radius 2 is 1.96 bits per heavy atom. The van der Waals surface area contributed by atoms with Gasteiger partial charge >= 0.3 is 0 Å². The highest BCUT2D eigenvalue weighted by molar-refractivity contribution is 5.91. The van der Waals surface area contributed by atoms with E-state index >= 15 is 0 Å². The van der Waals surface area contributed by atoms with E-state index in [4.69, 9.17) is 13.9 Å². The molecule has 1 saturated heterocycles. The van der Waals surface area contributed by atoms with Crippen molar-refractivity contribution in [2.24, 2.45) is 0 Å². The minimum atomic E-state index is -0.199. The van der Waals surface area contributed by atoms with Crippen LogP contribution >= 0.6 is 0 Å². The summed E-state index contributed by atoms with van der Waals surface area (Å²) in [5.41, 5.74) is 1.11. The Morgan fingerprint density at radius 3 is 2.73 bits per heavy atom. The molecule has 4 rings (SSSR count). The largest absolute Gasteiger partial charge is 0.459 e. The second-order valence-electron chi connectivity index (χ2n) is 6.66. The number of amides is 1. The Hall–Kier alpha value is -2.51. The summed E-state index contributed by atoms with van der Waals surface area (Å²) in [5.74, 6) is 1.66. The Kier molecular flexibility index (Phi) is 4.81. The van der Waals surface area contributed by atoms with E-state index in [1.807, 2.05) is 12.1 Å². The van der Waals surface area contributed by atoms with Crippen LogP contribution in [0.1, 0.15) is 22.2 Å². The molecule has 7 heteroatoms. The molecule has 1 fully saturated rings. The zero-order valence-corrected chi connectivity index (χ0v) is 14.8. The van der Waals surface area contributed by atoms with Gasteiger partial charge in [-0.1, -0.05) is 6.07 Å². The summed E-state index contributed by atoms with van der Waals surface area (Å²) < 4.78 is 16.1. The summed E-state index contributed by atoms with van der Waals surface area (Å²) in [6.45, 7) is 4.68. The minimum Gasteiger partial charge on any atom is -0.459 e. The predicted octanol–water partition coefficient (Wildman–Crippen LogP) is 1.73. The van der Waals surface area contributed by atoms with E-state index in [-0.39, 0.29) is 18.7 Å². The second kappa shape index (κ2) is 7.39. The van der Waals surface area contributed by atoms with Gasteiger partial charge in [0.1, 0.15) is 0 Å². The third-order valence-corrected chi connectivity index (χ3v) is 4.96. The number of piperazine rings is 1. The Morgan fingerprint density at radius 1 is 1.15 bits per heavy atom. The summed E-state index contributed by atoms with van der Waals surface area (Å²) in [4.78, 5) is 17.0. The van der Waals surface area contributed by atoms with Crippen LogP contribution in [0.3, 0.4) is 0 Å². The molecule has 1 atom stereocenters. The number of furan rings is 1. The monoisotopic (exact) mass is 357 g/mol. The molecular weight excluding hydrogens is 334 g/mol. The summed E-state index contributed by atoms with van der Waals surface area (Å²) in [6, 6.07) is 9.46. The Bertz CT molecular complexity index is 754. The van der Waals surface area contributed by atoms with Crippen LogP contribution in [0.5, 0.6) is 11.5 Å². The molecule has 0 spiro atoms. The van der Waals surface area contributed by atoms with E-state index in [1.165, 1.54) is 6.26 Å². The Balaban J connectivity index is 1.52. The first-order valence-corrected chi connectivity index (χ1v) is 8.84. The predicted molar refractivity (Wildman–Crippen MR) is 95.4 cm³/mol. The van der Waals surface area contributed by atoms with Crippen LogP contribution in [0.2, 0.25) is 0 Å². The third kappa shape index (κ3) is 3.54. The number of carbonyl (C=O) groups is 1. The van der Waals surface area contributed by atoms with Gasteiger partial charge in [0.25, 0.3) is 5.91 Å². The number of rotatable bonds is 5. The maximum absolute atomic E-state index is 12.3. The molecule has 1 aromatic carbocycles. The molecule has 1 aromatic heterocycles. The fraction of sp³-hybridized carbons (Fsp3) is 0.421. The number of benzene rings is 1. The first-order valence-electron chi connectivity index (χ1n) is 8.84. The number of carbonyl (C=O) groups excluding carboxylic acids is 1. The first kappa shape index (κ1) is 16.9. The SMILES string of the molecule is CN1CCN(C(CNC(=O)c2ccco2)c2ccc3c(c2)OCO3)CC1. The molecule has 0 radical (unpaired) electrons. The molecule has 2 aliphatic rings. The lowest BCUT2D eigenvalue weighted by atomic mass is 10.0. The maximum Gasteiger partial charge on any atom is 0.287 e. The van der Waals surface area contributed by atoms with E-state index in [0.717, 1.165) is 43.2 Å². The number of nitrogens with zero attached hydrogens (tertiary/aromatic N) is 2. The van der Waals surface area contributed by atoms with Crippen molar-refractivity contribution >= 4 is 5.91 Å². The number of ether oxygens (including phenoxy) is 2. The average molecular weight is 357 g/mol. The van der Waals surface area contributed by atoms with Crippen LogP contribution in [0.15, 0.2) is 41.0 Å².